The number of nitrogens with one attached hydrogen (secondary N) is 1. The van der Waals surface area contributed by atoms with Gasteiger partial charge >= 0.3 is 6.18 Å². The summed E-state index contributed by atoms with van der Waals surface area (Å²) in [4.78, 5) is 25.7. The van der Waals surface area contributed by atoms with Crippen LogP contribution in [0.2, 0.25) is 0 Å². The van der Waals surface area contributed by atoms with Gasteiger partial charge in [0.25, 0.3) is 5.91 Å². The molecule has 8 heteroatoms. The Balaban J connectivity index is 1.69. The summed E-state index contributed by atoms with van der Waals surface area (Å²) >= 11 is 0. The van der Waals surface area contributed by atoms with Crippen molar-refractivity contribution in [2.75, 3.05) is 11.4 Å². The molecule has 1 fully saturated rings. The molecule has 136 valence electrons. The van der Waals surface area contributed by atoms with Crippen molar-refractivity contribution in [3.63, 3.8) is 0 Å². The monoisotopic (exact) mass is 366 g/mol. The topological polar surface area (TPSA) is 49.4 Å². The van der Waals surface area contributed by atoms with Gasteiger partial charge in [0.05, 0.1) is 11.6 Å². The van der Waals surface area contributed by atoms with Gasteiger partial charge < -0.3 is 10.2 Å². The lowest BCUT2D eigenvalue weighted by molar-refractivity contribution is -0.137. The number of alkyl halides is 3. The smallest absolute Gasteiger partial charge is 0.347 e. The fourth-order valence-corrected chi connectivity index (χ4v) is 2.78. The van der Waals surface area contributed by atoms with E-state index in [2.05, 4.69) is 5.32 Å². The highest BCUT2D eigenvalue weighted by Crippen LogP contribution is 2.29. The molecule has 1 aliphatic heterocycles. The van der Waals surface area contributed by atoms with Gasteiger partial charge in [0.2, 0.25) is 5.91 Å². The maximum absolute atomic E-state index is 13.0. The number of carbonyl (C=O) groups excluding carboxylic acids is 2. The van der Waals surface area contributed by atoms with Crippen LogP contribution < -0.4 is 10.2 Å². The van der Waals surface area contributed by atoms with E-state index >= 15 is 0 Å². The molecule has 2 aromatic rings. The third-order valence-electron chi connectivity index (χ3n) is 4.05. The van der Waals surface area contributed by atoms with Crippen LogP contribution in [0.5, 0.6) is 0 Å². The van der Waals surface area contributed by atoms with Crippen molar-refractivity contribution in [2.45, 2.75) is 18.6 Å². The number of anilines is 1. The van der Waals surface area contributed by atoms with Crippen LogP contribution in [-0.4, -0.2) is 24.4 Å². The Morgan fingerprint density at radius 3 is 2.46 bits per heavy atom. The lowest BCUT2D eigenvalue weighted by atomic mass is 10.1. The summed E-state index contributed by atoms with van der Waals surface area (Å²) in [6, 6.07) is 8.87. The number of hydrogen-bond donors (Lipinski definition) is 1. The van der Waals surface area contributed by atoms with Crippen molar-refractivity contribution in [3.05, 3.63) is 65.5 Å². The summed E-state index contributed by atoms with van der Waals surface area (Å²) in [5.74, 6) is -1.38. The molecule has 2 aromatic carbocycles. The molecule has 3 rings (SSSR count). The number of benzene rings is 2. The normalized spacial score (nSPS) is 17.5. The van der Waals surface area contributed by atoms with Crippen LogP contribution in [0.1, 0.15) is 22.3 Å². The van der Waals surface area contributed by atoms with Crippen molar-refractivity contribution in [1.29, 1.82) is 0 Å². The van der Waals surface area contributed by atoms with Gasteiger partial charge in [-0.3, -0.25) is 9.59 Å². The van der Waals surface area contributed by atoms with Gasteiger partial charge in [0.1, 0.15) is 5.82 Å². The Morgan fingerprint density at radius 2 is 1.81 bits per heavy atom. The fraction of sp³-hybridized carbons (Fsp3) is 0.222. The summed E-state index contributed by atoms with van der Waals surface area (Å²) in [7, 11) is 0. The Bertz CT molecular complexity index is 834. The van der Waals surface area contributed by atoms with Crippen molar-refractivity contribution < 1.29 is 27.2 Å². The maximum atomic E-state index is 13.0. The van der Waals surface area contributed by atoms with E-state index in [-0.39, 0.29) is 24.4 Å². The van der Waals surface area contributed by atoms with Gasteiger partial charge in [0, 0.05) is 24.2 Å². The third-order valence-corrected chi connectivity index (χ3v) is 4.05. The van der Waals surface area contributed by atoms with Crippen LogP contribution in [0.25, 0.3) is 0 Å². The Hall–Kier alpha value is -2.90. The van der Waals surface area contributed by atoms with E-state index in [0.717, 1.165) is 18.2 Å². The highest BCUT2D eigenvalue weighted by atomic mass is 19.4. The SMILES string of the molecule is O=C(N[C@H]1CC(=O)N(c2ccc(F)cc2)C1)c1cccc(C(F)(F)F)c1. The van der Waals surface area contributed by atoms with Gasteiger partial charge in [-0.1, -0.05) is 6.07 Å². The average Bonchev–Trinajstić information content (AvgIpc) is 2.95. The first kappa shape index (κ1) is 17.9. The molecule has 4 nitrogen and oxygen atoms in total. The van der Waals surface area contributed by atoms with Crippen LogP contribution in [0.4, 0.5) is 23.2 Å². The van der Waals surface area contributed by atoms with E-state index in [9.17, 15) is 27.2 Å². The van der Waals surface area contributed by atoms with Crippen LogP contribution in [-0.2, 0) is 11.0 Å². The minimum absolute atomic E-state index is 0.0160. The first-order valence-electron chi connectivity index (χ1n) is 7.78. The number of hydrogen-bond acceptors (Lipinski definition) is 2. The first-order valence-corrected chi connectivity index (χ1v) is 7.78. The quantitative estimate of drug-likeness (QED) is 0.847. The average molecular weight is 366 g/mol. The molecule has 1 atom stereocenters. The van der Waals surface area contributed by atoms with Crippen LogP contribution in [0.3, 0.4) is 0 Å². The largest absolute Gasteiger partial charge is 0.416 e. The molecule has 0 bridgehead atoms. The Morgan fingerprint density at radius 1 is 1.12 bits per heavy atom. The molecule has 1 N–H and O–H groups in total. The highest BCUT2D eigenvalue weighted by molar-refractivity contribution is 5.99. The third kappa shape index (κ3) is 3.84. The molecular weight excluding hydrogens is 352 g/mol. The molecule has 0 saturated carbocycles. The Labute approximate surface area is 146 Å². The van der Waals surface area contributed by atoms with Gasteiger partial charge in [-0.2, -0.15) is 13.2 Å². The molecule has 1 aliphatic rings. The van der Waals surface area contributed by atoms with Crippen molar-refractivity contribution >= 4 is 17.5 Å². The van der Waals surface area contributed by atoms with Crippen LogP contribution in [0.15, 0.2) is 48.5 Å². The van der Waals surface area contributed by atoms with E-state index in [1.54, 1.807) is 0 Å². The van der Waals surface area contributed by atoms with Gasteiger partial charge in [-0.15, -0.1) is 0 Å². The number of halogens is 4. The standard InChI is InChI=1S/C18H14F4N2O2/c19-13-4-6-15(7-5-13)24-10-14(9-16(24)25)23-17(26)11-2-1-3-12(8-11)18(20,21)22/h1-8,14H,9-10H2,(H,23,26)/t14-/m0/s1. The summed E-state index contributed by atoms with van der Waals surface area (Å²) in [6.45, 7) is 0.162. The lowest BCUT2D eigenvalue weighted by Gasteiger charge is -2.17. The Kier molecular flexibility index (Phi) is 4.67. The second-order valence-corrected chi connectivity index (χ2v) is 5.93. The molecule has 1 saturated heterocycles. The van der Waals surface area contributed by atoms with E-state index in [0.29, 0.717) is 5.69 Å². The predicted molar refractivity (Wildman–Crippen MR) is 86.1 cm³/mol. The van der Waals surface area contributed by atoms with Crippen LogP contribution >= 0.6 is 0 Å². The second kappa shape index (κ2) is 6.78. The van der Waals surface area contributed by atoms with Crippen molar-refractivity contribution in [2.24, 2.45) is 0 Å². The van der Waals surface area contributed by atoms with Crippen LogP contribution in [0, 0.1) is 5.82 Å². The molecule has 26 heavy (non-hydrogen) atoms. The summed E-state index contributed by atoms with van der Waals surface area (Å²) in [5, 5.41) is 2.57. The molecule has 0 unspecified atom stereocenters. The molecule has 2 amide bonds. The molecule has 1 heterocycles. The number of rotatable bonds is 3. The zero-order valence-electron chi connectivity index (χ0n) is 13.4. The van der Waals surface area contributed by atoms with Gasteiger partial charge in [-0.25, -0.2) is 4.39 Å². The van der Waals surface area contributed by atoms with Gasteiger partial charge in [-0.05, 0) is 42.5 Å². The molecule has 0 aliphatic carbocycles. The van der Waals surface area contributed by atoms with Crippen molar-refractivity contribution in [3.8, 4) is 0 Å². The molecular formula is C18H14F4N2O2. The zero-order chi connectivity index (χ0) is 18.9. The molecule has 0 spiro atoms. The summed E-state index contributed by atoms with van der Waals surface area (Å²) < 4.78 is 51.2. The zero-order valence-corrected chi connectivity index (χ0v) is 13.4. The highest BCUT2D eigenvalue weighted by Gasteiger charge is 2.33. The maximum Gasteiger partial charge on any atom is 0.416 e. The minimum atomic E-state index is -4.54. The lowest BCUT2D eigenvalue weighted by Crippen LogP contribution is -2.37. The predicted octanol–water partition coefficient (Wildman–Crippen LogP) is 3.38. The first-order chi connectivity index (χ1) is 12.2. The minimum Gasteiger partial charge on any atom is -0.347 e. The summed E-state index contributed by atoms with van der Waals surface area (Å²) in [6.07, 6.45) is -4.53. The second-order valence-electron chi connectivity index (χ2n) is 5.93. The summed E-state index contributed by atoms with van der Waals surface area (Å²) in [5.41, 5.74) is -0.555. The number of nitrogens with zero attached hydrogens (tertiary/aromatic N) is 1. The number of amides is 2. The molecule has 0 radical (unpaired) electrons. The van der Waals surface area contributed by atoms with E-state index in [1.165, 1.54) is 35.2 Å². The van der Waals surface area contributed by atoms with E-state index in [4.69, 9.17) is 0 Å². The fourth-order valence-electron chi connectivity index (χ4n) is 2.78. The van der Waals surface area contributed by atoms with Gasteiger partial charge in [0.15, 0.2) is 0 Å². The molecule has 0 aromatic heterocycles. The number of carbonyl (C=O) groups is 2. The van der Waals surface area contributed by atoms with E-state index in [1.807, 2.05) is 0 Å². The van der Waals surface area contributed by atoms with Crippen molar-refractivity contribution in [1.82, 2.24) is 5.32 Å². The van der Waals surface area contributed by atoms with E-state index < -0.39 is 29.5 Å².